The van der Waals surface area contributed by atoms with Gasteiger partial charge in [0.1, 0.15) is 5.82 Å². The number of aromatic nitrogens is 3. The third-order valence-electron chi connectivity index (χ3n) is 5.53. The molecule has 0 aliphatic carbocycles. The largest absolute Gasteiger partial charge is 0.324 e. The molecule has 7 heteroatoms. The first-order chi connectivity index (χ1) is 13.7. The second-order valence-electron chi connectivity index (χ2n) is 7.16. The van der Waals surface area contributed by atoms with Gasteiger partial charge < -0.3 is 5.32 Å². The number of amides is 1. The summed E-state index contributed by atoms with van der Waals surface area (Å²) in [5.74, 6) is 1.45. The molecular weight excluding hydrogens is 370 g/mol. The lowest BCUT2D eigenvalue weighted by molar-refractivity contribution is -0.121. The van der Waals surface area contributed by atoms with Crippen molar-refractivity contribution in [2.45, 2.75) is 36.6 Å². The quantitative estimate of drug-likeness (QED) is 0.668. The highest BCUT2D eigenvalue weighted by Crippen LogP contribution is 2.29. The Morgan fingerprint density at radius 2 is 1.89 bits per heavy atom. The van der Waals surface area contributed by atoms with Crippen LogP contribution in [-0.2, 0) is 4.79 Å². The van der Waals surface area contributed by atoms with Crippen LogP contribution in [0.2, 0.25) is 0 Å². The number of para-hydroxylation sites is 1. The van der Waals surface area contributed by atoms with E-state index in [0.29, 0.717) is 5.92 Å². The molecule has 0 bridgehead atoms. The molecule has 1 saturated heterocycles. The van der Waals surface area contributed by atoms with Crippen LogP contribution in [0.1, 0.15) is 31.5 Å². The predicted molar refractivity (Wildman–Crippen MR) is 113 cm³/mol. The molecule has 1 aliphatic heterocycles. The molecule has 6 nitrogen and oxygen atoms in total. The highest BCUT2D eigenvalue weighted by Gasteiger charge is 2.29. The van der Waals surface area contributed by atoms with Gasteiger partial charge in [-0.15, -0.1) is 22.0 Å². The Morgan fingerprint density at radius 1 is 1.14 bits per heavy atom. The second-order valence-corrected chi connectivity index (χ2v) is 8.01. The minimum absolute atomic E-state index is 0.0490. The van der Waals surface area contributed by atoms with Crippen molar-refractivity contribution in [3.05, 3.63) is 54.5 Å². The summed E-state index contributed by atoms with van der Waals surface area (Å²) < 4.78 is 2.08. The van der Waals surface area contributed by atoms with Gasteiger partial charge in [0, 0.05) is 17.0 Å². The van der Waals surface area contributed by atoms with Gasteiger partial charge in [0.2, 0.25) is 5.91 Å². The van der Waals surface area contributed by atoms with Crippen LogP contribution in [0.5, 0.6) is 0 Å². The molecule has 1 unspecified atom stereocenters. The van der Waals surface area contributed by atoms with Crippen LogP contribution in [0.4, 0.5) is 5.69 Å². The molecule has 1 aromatic carbocycles. The van der Waals surface area contributed by atoms with Crippen LogP contribution in [0.25, 0.3) is 5.65 Å². The maximum atomic E-state index is 12.8. The fourth-order valence-corrected chi connectivity index (χ4v) is 4.39. The van der Waals surface area contributed by atoms with Gasteiger partial charge in [0.05, 0.1) is 11.7 Å². The number of fused-ring (bicyclic) bond motifs is 1. The van der Waals surface area contributed by atoms with E-state index in [0.717, 1.165) is 48.0 Å². The SMILES string of the molecule is CSc1ccccc1NC(=O)C(C)N1CCC(c2nnc3ccccn23)CC1. The maximum Gasteiger partial charge on any atom is 0.241 e. The number of nitrogens with one attached hydrogen (secondary N) is 1. The number of hydrogen-bond donors (Lipinski definition) is 1. The van der Waals surface area contributed by atoms with E-state index in [1.54, 1.807) is 11.8 Å². The standard InChI is InChI=1S/C21H25N5OS/c1-15(21(27)22-17-7-3-4-8-18(17)28-2)25-13-10-16(11-14-25)20-24-23-19-9-5-6-12-26(19)20/h3-9,12,15-16H,10-11,13-14H2,1-2H3,(H,22,27). The van der Waals surface area contributed by atoms with Gasteiger partial charge in [-0.05, 0) is 63.4 Å². The zero-order valence-corrected chi connectivity index (χ0v) is 17.0. The molecule has 1 amide bonds. The third-order valence-corrected chi connectivity index (χ3v) is 6.32. The lowest BCUT2D eigenvalue weighted by Crippen LogP contribution is -2.46. The number of anilines is 1. The van der Waals surface area contributed by atoms with E-state index in [1.807, 2.05) is 61.8 Å². The second kappa shape index (κ2) is 8.32. The Kier molecular flexibility index (Phi) is 5.64. The van der Waals surface area contributed by atoms with Crippen LogP contribution in [0.3, 0.4) is 0 Å². The molecule has 0 spiro atoms. The first-order valence-electron chi connectivity index (χ1n) is 9.65. The zero-order valence-electron chi connectivity index (χ0n) is 16.2. The van der Waals surface area contributed by atoms with E-state index >= 15 is 0 Å². The molecule has 146 valence electrons. The Labute approximate surface area is 169 Å². The number of hydrogen-bond acceptors (Lipinski definition) is 5. The monoisotopic (exact) mass is 395 g/mol. The Bertz CT molecular complexity index is 964. The van der Waals surface area contributed by atoms with Crippen molar-refractivity contribution >= 4 is 29.0 Å². The Morgan fingerprint density at radius 3 is 2.68 bits per heavy atom. The Hall–Kier alpha value is -2.38. The lowest BCUT2D eigenvalue weighted by Gasteiger charge is -2.34. The number of carbonyl (C=O) groups is 1. The summed E-state index contributed by atoms with van der Waals surface area (Å²) in [6.45, 7) is 3.75. The van der Waals surface area contributed by atoms with Gasteiger partial charge >= 0.3 is 0 Å². The summed E-state index contributed by atoms with van der Waals surface area (Å²) in [5, 5.41) is 11.8. The summed E-state index contributed by atoms with van der Waals surface area (Å²) >= 11 is 1.64. The zero-order chi connectivity index (χ0) is 19.5. The van der Waals surface area contributed by atoms with Crippen LogP contribution < -0.4 is 5.32 Å². The van der Waals surface area contributed by atoms with Crippen LogP contribution in [-0.4, -0.2) is 50.8 Å². The third kappa shape index (κ3) is 3.77. The van der Waals surface area contributed by atoms with Gasteiger partial charge in [-0.2, -0.15) is 0 Å². The maximum absolute atomic E-state index is 12.8. The number of carbonyl (C=O) groups excluding carboxylic acids is 1. The number of thioether (sulfide) groups is 1. The van der Waals surface area contributed by atoms with E-state index in [-0.39, 0.29) is 11.9 Å². The fraction of sp³-hybridized carbons (Fsp3) is 0.381. The molecule has 2 aromatic heterocycles. The summed E-state index contributed by atoms with van der Waals surface area (Å²) in [6, 6.07) is 13.7. The van der Waals surface area contributed by atoms with Crippen molar-refractivity contribution in [3.8, 4) is 0 Å². The van der Waals surface area contributed by atoms with Crippen molar-refractivity contribution in [1.29, 1.82) is 0 Å². The number of nitrogens with zero attached hydrogens (tertiary/aromatic N) is 4. The molecule has 3 heterocycles. The lowest BCUT2D eigenvalue weighted by atomic mass is 9.95. The van der Waals surface area contributed by atoms with Crippen LogP contribution in [0.15, 0.2) is 53.6 Å². The van der Waals surface area contributed by atoms with Gasteiger partial charge in [0.15, 0.2) is 5.65 Å². The molecule has 3 aromatic rings. The van der Waals surface area contributed by atoms with E-state index < -0.39 is 0 Å². The van der Waals surface area contributed by atoms with Gasteiger partial charge in [0.25, 0.3) is 0 Å². The van der Waals surface area contributed by atoms with Crippen LogP contribution in [0, 0.1) is 0 Å². The summed E-state index contributed by atoms with van der Waals surface area (Å²) in [4.78, 5) is 16.1. The number of rotatable bonds is 5. The van der Waals surface area contributed by atoms with E-state index in [9.17, 15) is 4.79 Å². The Balaban J connectivity index is 1.38. The van der Waals surface area contributed by atoms with Crippen molar-refractivity contribution < 1.29 is 4.79 Å². The minimum Gasteiger partial charge on any atom is -0.324 e. The summed E-state index contributed by atoms with van der Waals surface area (Å²) in [6.07, 6.45) is 6.01. The van der Waals surface area contributed by atoms with Gasteiger partial charge in [-0.3, -0.25) is 14.1 Å². The molecule has 0 saturated carbocycles. The molecule has 4 rings (SSSR count). The molecule has 1 N–H and O–H groups in total. The van der Waals surface area contributed by atoms with Crippen molar-refractivity contribution in [2.24, 2.45) is 0 Å². The van der Waals surface area contributed by atoms with E-state index in [1.165, 1.54) is 0 Å². The topological polar surface area (TPSA) is 62.5 Å². The van der Waals surface area contributed by atoms with E-state index in [2.05, 4.69) is 24.8 Å². The summed E-state index contributed by atoms with van der Waals surface area (Å²) in [7, 11) is 0. The van der Waals surface area contributed by atoms with Gasteiger partial charge in [-0.25, -0.2) is 0 Å². The van der Waals surface area contributed by atoms with Gasteiger partial charge in [-0.1, -0.05) is 18.2 Å². The number of likely N-dealkylation sites (tertiary alicyclic amines) is 1. The first-order valence-corrected chi connectivity index (χ1v) is 10.9. The van der Waals surface area contributed by atoms with Crippen molar-refractivity contribution in [3.63, 3.8) is 0 Å². The summed E-state index contributed by atoms with van der Waals surface area (Å²) in [5.41, 5.74) is 1.77. The number of benzene rings is 1. The molecule has 0 radical (unpaired) electrons. The average molecular weight is 396 g/mol. The minimum atomic E-state index is -0.161. The fourth-order valence-electron chi connectivity index (χ4n) is 3.83. The molecule has 1 aliphatic rings. The predicted octanol–water partition coefficient (Wildman–Crippen LogP) is 3.66. The smallest absolute Gasteiger partial charge is 0.241 e. The number of pyridine rings is 1. The van der Waals surface area contributed by atoms with Crippen molar-refractivity contribution in [2.75, 3.05) is 24.7 Å². The van der Waals surface area contributed by atoms with Crippen molar-refractivity contribution in [1.82, 2.24) is 19.5 Å². The average Bonchev–Trinajstić information content (AvgIpc) is 3.18. The highest BCUT2D eigenvalue weighted by molar-refractivity contribution is 7.98. The molecule has 28 heavy (non-hydrogen) atoms. The molecule has 1 atom stereocenters. The van der Waals surface area contributed by atoms with Crippen LogP contribution >= 0.6 is 11.8 Å². The highest BCUT2D eigenvalue weighted by atomic mass is 32.2. The first kappa shape index (κ1) is 19.0. The van der Waals surface area contributed by atoms with E-state index in [4.69, 9.17) is 0 Å². The normalized spacial score (nSPS) is 16.9. The molecule has 1 fully saturated rings. The number of piperidine rings is 1. The molecular formula is C21H25N5OS.